The van der Waals surface area contributed by atoms with Crippen LogP contribution in [0.15, 0.2) is 42.0 Å². The van der Waals surface area contributed by atoms with Gasteiger partial charge in [0.05, 0.1) is 5.69 Å². The summed E-state index contributed by atoms with van der Waals surface area (Å²) < 4.78 is 0. The van der Waals surface area contributed by atoms with Crippen molar-refractivity contribution in [2.45, 2.75) is 72.4 Å². The molecule has 2 aliphatic heterocycles. The summed E-state index contributed by atoms with van der Waals surface area (Å²) in [7, 11) is 0. The lowest BCUT2D eigenvalue weighted by Crippen LogP contribution is -2.54. The largest absolute Gasteiger partial charge is 0.364 e. The summed E-state index contributed by atoms with van der Waals surface area (Å²) in [6, 6.07) is 12.4. The summed E-state index contributed by atoms with van der Waals surface area (Å²) in [4.78, 5) is 30.1. The van der Waals surface area contributed by atoms with E-state index in [1.807, 2.05) is 38.1 Å². The van der Waals surface area contributed by atoms with Crippen molar-refractivity contribution in [3.8, 4) is 0 Å². The molecule has 4 rings (SSSR count). The summed E-state index contributed by atoms with van der Waals surface area (Å²) >= 11 is 5.37. The van der Waals surface area contributed by atoms with Gasteiger partial charge in [-0.1, -0.05) is 30.7 Å². The second kappa shape index (κ2) is 8.66. The first-order chi connectivity index (χ1) is 15.9. The van der Waals surface area contributed by atoms with Gasteiger partial charge >= 0.3 is 0 Å². The summed E-state index contributed by atoms with van der Waals surface area (Å²) in [5, 5.41) is 2.80. The second-order valence-corrected chi connectivity index (χ2v) is 10.8. The number of hydrogen-bond acceptors (Lipinski definition) is 4. The topological polar surface area (TPSA) is 52.7 Å². The minimum Gasteiger partial charge on any atom is -0.364 e. The minimum atomic E-state index is -0.466. The molecule has 1 saturated heterocycles. The van der Waals surface area contributed by atoms with Crippen molar-refractivity contribution in [1.29, 1.82) is 0 Å². The molecule has 2 aliphatic rings. The Hall–Kier alpha value is -2.99. The van der Waals surface area contributed by atoms with E-state index in [2.05, 4.69) is 57.0 Å². The summed E-state index contributed by atoms with van der Waals surface area (Å²) in [5.74, 6) is -0.503. The molecule has 2 heterocycles. The number of thiocarbonyl (C=S) groups is 1. The van der Waals surface area contributed by atoms with Gasteiger partial charge in [-0.25, -0.2) is 0 Å². The van der Waals surface area contributed by atoms with Gasteiger partial charge in [0, 0.05) is 17.3 Å². The predicted octanol–water partition coefficient (Wildman–Crippen LogP) is 5.64. The normalized spacial score (nSPS) is 21.2. The van der Waals surface area contributed by atoms with Crippen LogP contribution in [0.5, 0.6) is 0 Å². The van der Waals surface area contributed by atoms with Gasteiger partial charge < -0.3 is 4.90 Å². The quantitative estimate of drug-likeness (QED) is 0.355. The predicted molar refractivity (Wildman–Crippen MR) is 143 cm³/mol. The highest BCUT2D eigenvalue weighted by Gasteiger charge is 2.38. The van der Waals surface area contributed by atoms with E-state index in [4.69, 9.17) is 12.2 Å². The number of aryl methyl sites for hydroxylation is 2. The van der Waals surface area contributed by atoms with Gasteiger partial charge in [0.25, 0.3) is 11.8 Å². The number of nitrogens with one attached hydrogen (secondary N) is 1. The van der Waals surface area contributed by atoms with Crippen molar-refractivity contribution >= 4 is 46.6 Å². The fourth-order valence-corrected chi connectivity index (χ4v) is 5.91. The molecule has 2 aromatic rings. The zero-order chi connectivity index (χ0) is 24.9. The average molecular weight is 476 g/mol. The molecule has 2 aromatic carbocycles. The zero-order valence-corrected chi connectivity index (χ0v) is 21.8. The van der Waals surface area contributed by atoms with Crippen LogP contribution in [-0.2, 0) is 9.59 Å². The van der Waals surface area contributed by atoms with Crippen LogP contribution < -0.4 is 15.1 Å². The minimum absolute atomic E-state index is 0.0574. The highest BCUT2D eigenvalue weighted by atomic mass is 32.1. The highest BCUT2D eigenvalue weighted by Crippen LogP contribution is 2.44. The lowest BCUT2D eigenvalue weighted by molar-refractivity contribution is -0.122. The molecule has 1 N–H and O–H groups in total. The third-order valence-corrected chi connectivity index (χ3v) is 7.11. The standard InChI is InChI=1S/C28H33N3O2S/c1-16(2)31-24-11-9-20(13-21(24)19(5)15-28(31,6)7)14-22-25(32)29-27(34)30(26(22)33)23-10-8-17(3)12-18(23)4/h8-14,16,19H,15H2,1-7H3,(H,29,32,34)/b22-14+/t19-/m0/s1. The molecule has 0 aliphatic carbocycles. The van der Waals surface area contributed by atoms with E-state index in [1.54, 1.807) is 6.08 Å². The fourth-order valence-electron chi connectivity index (χ4n) is 5.64. The van der Waals surface area contributed by atoms with Crippen LogP contribution in [0, 0.1) is 13.8 Å². The number of benzene rings is 2. The van der Waals surface area contributed by atoms with E-state index in [1.165, 1.54) is 16.2 Å². The molecule has 0 bridgehead atoms. The first-order valence-corrected chi connectivity index (χ1v) is 12.2. The molecule has 0 radical (unpaired) electrons. The number of fused-ring (bicyclic) bond motifs is 1. The molecule has 178 valence electrons. The second-order valence-electron chi connectivity index (χ2n) is 10.4. The van der Waals surface area contributed by atoms with E-state index >= 15 is 0 Å². The van der Waals surface area contributed by atoms with Gasteiger partial charge in [-0.05, 0) is 107 Å². The third kappa shape index (κ3) is 4.16. The van der Waals surface area contributed by atoms with Crippen molar-refractivity contribution in [2.24, 2.45) is 0 Å². The van der Waals surface area contributed by atoms with Gasteiger partial charge in [-0.2, -0.15) is 0 Å². The molecule has 1 atom stereocenters. The lowest BCUT2D eigenvalue weighted by Gasteiger charge is -2.50. The molecule has 0 unspecified atom stereocenters. The van der Waals surface area contributed by atoms with Crippen LogP contribution in [0.1, 0.15) is 69.2 Å². The van der Waals surface area contributed by atoms with Crippen LogP contribution in [0.4, 0.5) is 11.4 Å². The van der Waals surface area contributed by atoms with E-state index in [0.717, 1.165) is 23.1 Å². The Balaban J connectivity index is 1.75. The maximum absolute atomic E-state index is 13.5. The Bertz CT molecular complexity index is 1230. The molecule has 0 saturated carbocycles. The van der Waals surface area contributed by atoms with E-state index in [0.29, 0.717) is 17.6 Å². The molecule has 1 fully saturated rings. The Kier molecular flexibility index (Phi) is 6.15. The summed E-state index contributed by atoms with van der Waals surface area (Å²) in [5.41, 5.74) is 6.14. The molecular weight excluding hydrogens is 442 g/mol. The third-order valence-electron chi connectivity index (χ3n) is 6.82. The van der Waals surface area contributed by atoms with Crippen LogP contribution in [0.2, 0.25) is 0 Å². The van der Waals surface area contributed by atoms with Gasteiger partial charge in [0.2, 0.25) is 0 Å². The molecule has 0 spiro atoms. The monoisotopic (exact) mass is 475 g/mol. The number of rotatable bonds is 3. The average Bonchev–Trinajstić information content (AvgIpc) is 2.72. The number of carbonyl (C=O) groups is 2. The maximum Gasteiger partial charge on any atom is 0.270 e. The Labute approximate surface area is 207 Å². The smallest absolute Gasteiger partial charge is 0.270 e. The van der Waals surface area contributed by atoms with Gasteiger partial charge in [0.1, 0.15) is 5.57 Å². The van der Waals surface area contributed by atoms with Crippen LogP contribution in [-0.4, -0.2) is 28.5 Å². The van der Waals surface area contributed by atoms with Gasteiger partial charge in [0.15, 0.2) is 5.11 Å². The van der Waals surface area contributed by atoms with Crippen molar-refractivity contribution < 1.29 is 9.59 Å². The molecule has 6 heteroatoms. The number of nitrogens with zero attached hydrogens (tertiary/aromatic N) is 2. The van der Waals surface area contributed by atoms with Crippen molar-refractivity contribution in [2.75, 3.05) is 9.80 Å². The molecular formula is C28H33N3O2S. The molecule has 0 aromatic heterocycles. The van der Waals surface area contributed by atoms with Gasteiger partial charge in [-0.3, -0.25) is 19.8 Å². The number of anilines is 2. The Morgan fingerprint density at radius 1 is 1.09 bits per heavy atom. The first kappa shape index (κ1) is 24.1. The summed E-state index contributed by atoms with van der Waals surface area (Å²) in [6.07, 6.45) is 2.72. The molecule has 2 amide bonds. The highest BCUT2D eigenvalue weighted by molar-refractivity contribution is 7.80. The van der Waals surface area contributed by atoms with Crippen LogP contribution in [0.25, 0.3) is 6.08 Å². The fraction of sp³-hybridized carbons (Fsp3) is 0.393. The first-order valence-electron chi connectivity index (χ1n) is 11.8. The number of amides is 2. The van der Waals surface area contributed by atoms with Crippen molar-refractivity contribution in [3.63, 3.8) is 0 Å². The Morgan fingerprint density at radius 2 is 1.76 bits per heavy atom. The maximum atomic E-state index is 13.5. The van der Waals surface area contributed by atoms with Crippen molar-refractivity contribution in [3.05, 3.63) is 64.2 Å². The molecule has 34 heavy (non-hydrogen) atoms. The van der Waals surface area contributed by atoms with Crippen LogP contribution in [0.3, 0.4) is 0 Å². The lowest BCUT2D eigenvalue weighted by atomic mass is 9.78. The SMILES string of the molecule is Cc1ccc(N2C(=O)/C(=C/c3ccc4c(c3)[C@@H](C)CC(C)(C)N4C(C)C)C(=O)NC2=S)c(C)c1. The Morgan fingerprint density at radius 3 is 2.41 bits per heavy atom. The van der Waals surface area contributed by atoms with E-state index < -0.39 is 11.8 Å². The van der Waals surface area contributed by atoms with Crippen LogP contribution >= 0.6 is 12.2 Å². The molecule has 5 nitrogen and oxygen atoms in total. The zero-order valence-electron chi connectivity index (χ0n) is 21.0. The van der Waals surface area contributed by atoms with Crippen molar-refractivity contribution in [1.82, 2.24) is 5.32 Å². The van der Waals surface area contributed by atoms with Gasteiger partial charge in [-0.15, -0.1) is 0 Å². The number of carbonyl (C=O) groups excluding carboxylic acids is 2. The summed E-state index contributed by atoms with van der Waals surface area (Å²) in [6.45, 7) is 15.2. The van der Waals surface area contributed by atoms with E-state index in [-0.39, 0.29) is 16.2 Å². The number of hydrogen-bond donors (Lipinski definition) is 1. The van der Waals surface area contributed by atoms with E-state index in [9.17, 15) is 9.59 Å².